The highest BCUT2D eigenvalue weighted by atomic mass is 16.5. The molecule has 1 saturated heterocycles. The summed E-state index contributed by atoms with van der Waals surface area (Å²) in [7, 11) is 0. The molecular weight excluding hydrogens is 202 g/mol. The van der Waals surface area contributed by atoms with Crippen molar-refractivity contribution in [3.8, 4) is 5.88 Å². The van der Waals surface area contributed by atoms with E-state index in [1.807, 2.05) is 0 Å². The molecule has 1 aromatic heterocycles. The largest absolute Gasteiger partial charge is 0.472 e. The summed E-state index contributed by atoms with van der Waals surface area (Å²) in [5.74, 6) is 2.02. The third-order valence-corrected chi connectivity index (χ3v) is 3.43. The number of aryl methyl sites for hydroxylation is 2. The Bertz CT molecular complexity index is 332. The Balaban J connectivity index is 1.67. The third-order valence-electron chi connectivity index (χ3n) is 3.43. The summed E-state index contributed by atoms with van der Waals surface area (Å²) in [6.07, 6.45) is 8.38. The van der Waals surface area contributed by atoms with Crippen LogP contribution in [-0.2, 0) is 13.0 Å². The fourth-order valence-corrected chi connectivity index (χ4v) is 2.53. The minimum absolute atomic E-state index is 0.311. The Morgan fingerprint density at radius 2 is 2.38 bits per heavy atom. The van der Waals surface area contributed by atoms with Crippen molar-refractivity contribution in [2.75, 3.05) is 13.1 Å². The maximum absolute atomic E-state index is 5.91. The lowest BCUT2D eigenvalue weighted by Gasteiger charge is -2.22. The second-order valence-corrected chi connectivity index (χ2v) is 4.73. The van der Waals surface area contributed by atoms with Crippen molar-refractivity contribution in [3.05, 3.63) is 12.0 Å². The van der Waals surface area contributed by atoms with Crippen LogP contribution >= 0.6 is 0 Å². The van der Waals surface area contributed by atoms with E-state index in [0.29, 0.717) is 6.10 Å². The normalized spacial score (nSPS) is 25.1. The van der Waals surface area contributed by atoms with Gasteiger partial charge >= 0.3 is 0 Å². The van der Waals surface area contributed by atoms with Gasteiger partial charge in [0.15, 0.2) is 0 Å². The van der Waals surface area contributed by atoms with Crippen LogP contribution in [0.4, 0.5) is 0 Å². The minimum atomic E-state index is 0.311. The number of nitrogens with zero attached hydrogens (tertiary/aromatic N) is 2. The first-order chi connectivity index (χ1) is 7.92. The molecule has 1 atom stereocenters. The molecule has 1 aromatic rings. The van der Waals surface area contributed by atoms with Crippen LogP contribution in [0.2, 0.25) is 0 Å². The number of aromatic nitrogens is 2. The molecule has 0 aliphatic carbocycles. The molecule has 2 aliphatic rings. The Morgan fingerprint density at radius 3 is 3.19 bits per heavy atom. The number of imidazole rings is 1. The fraction of sp³-hybridized carbons (Fsp3) is 0.750. The topological polar surface area (TPSA) is 39.1 Å². The van der Waals surface area contributed by atoms with Gasteiger partial charge in [-0.15, -0.1) is 0 Å². The lowest BCUT2D eigenvalue weighted by atomic mass is 10.1. The molecule has 0 aromatic carbocycles. The van der Waals surface area contributed by atoms with Crippen LogP contribution in [0.3, 0.4) is 0 Å². The number of hydrogen-bond donors (Lipinski definition) is 1. The first-order valence-corrected chi connectivity index (χ1v) is 6.35. The van der Waals surface area contributed by atoms with Crippen LogP contribution < -0.4 is 10.1 Å². The van der Waals surface area contributed by atoms with Gasteiger partial charge < -0.3 is 14.6 Å². The van der Waals surface area contributed by atoms with Gasteiger partial charge in [-0.1, -0.05) is 0 Å². The molecule has 1 unspecified atom stereocenters. The molecule has 0 bridgehead atoms. The van der Waals surface area contributed by atoms with E-state index in [4.69, 9.17) is 4.74 Å². The fourth-order valence-electron chi connectivity index (χ4n) is 2.53. The minimum Gasteiger partial charge on any atom is -0.472 e. The molecular formula is C12H19N3O. The molecule has 16 heavy (non-hydrogen) atoms. The predicted molar refractivity (Wildman–Crippen MR) is 61.7 cm³/mol. The zero-order chi connectivity index (χ0) is 10.8. The monoisotopic (exact) mass is 221 g/mol. The number of piperidine rings is 1. The molecule has 2 aliphatic heterocycles. The first kappa shape index (κ1) is 10.1. The van der Waals surface area contributed by atoms with E-state index in [9.17, 15) is 0 Å². The van der Waals surface area contributed by atoms with Crippen molar-refractivity contribution in [2.24, 2.45) is 0 Å². The summed E-state index contributed by atoms with van der Waals surface area (Å²) in [6.45, 7) is 3.19. The van der Waals surface area contributed by atoms with Crippen molar-refractivity contribution < 1.29 is 4.74 Å². The van der Waals surface area contributed by atoms with Crippen molar-refractivity contribution in [3.63, 3.8) is 0 Å². The van der Waals surface area contributed by atoms with Crippen LogP contribution in [0.15, 0.2) is 6.20 Å². The summed E-state index contributed by atoms with van der Waals surface area (Å²) >= 11 is 0. The molecule has 4 heteroatoms. The second-order valence-electron chi connectivity index (χ2n) is 4.73. The third kappa shape index (κ3) is 2.07. The van der Waals surface area contributed by atoms with E-state index in [1.165, 1.54) is 25.1 Å². The summed E-state index contributed by atoms with van der Waals surface area (Å²) < 4.78 is 8.16. The Labute approximate surface area is 96.0 Å². The standard InChI is InChI=1S/C12H19N3O/c1-2-7-15-9-12(14-11(15)5-1)16-10-4-3-6-13-8-10/h9-10,13H,1-8H2. The van der Waals surface area contributed by atoms with E-state index in [1.54, 1.807) is 0 Å². The van der Waals surface area contributed by atoms with Gasteiger partial charge in [0.05, 0.1) is 6.20 Å². The average molecular weight is 221 g/mol. The average Bonchev–Trinajstić information content (AvgIpc) is 2.72. The van der Waals surface area contributed by atoms with Gasteiger partial charge in [0.1, 0.15) is 11.9 Å². The van der Waals surface area contributed by atoms with Gasteiger partial charge in [0, 0.05) is 19.5 Å². The molecule has 1 N–H and O–H groups in total. The van der Waals surface area contributed by atoms with Crippen molar-refractivity contribution in [2.45, 2.75) is 44.8 Å². The van der Waals surface area contributed by atoms with E-state index < -0.39 is 0 Å². The highest BCUT2D eigenvalue weighted by molar-refractivity contribution is 5.12. The van der Waals surface area contributed by atoms with Gasteiger partial charge in [-0.2, -0.15) is 4.98 Å². The Hall–Kier alpha value is -1.03. The summed E-state index contributed by atoms with van der Waals surface area (Å²) in [5, 5.41) is 3.36. The van der Waals surface area contributed by atoms with Gasteiger partial charge in [-0.05, 0) is 32.2 Å². The van der Waals surface area contributed by atoms with Crippen molar-refractivity contribution in [1.82, 2.24) is 14.9 Å². The molecule has 3 rings (SSSR count). The molecule has 0 radical (unpaired) electrons. The number of ether oxygens (including phenoxy) is 1. The van der Waals surface area contributed by atoms with E-state index in [0.717, 1.165) is 38.4 Å². The quantitative estimate of drug-likeness (QED) is 0.819. The second kappa shape index (κ2) is 4.45. The molecule has 88 valence electrons. The highest BCUT2D eigenvalue weighted by Crippen LogP contribution is 2.20. The van der Waals surface area contributed by atoms with Gasteiger partial charge in [0.25, 0.3) is 0 Å². The van der Waals surface area contributed by atoms with Gasteiger partial charge in [-0.25, -0.2) is 0 Å². The maximum Gasteiger partial charge on any atom is 0.232 e. The highest BCUT2D eigenvalue weighted by Gasteiger charge is 2.18. The molecule has 0 saturated carbocycles. The van der Waals surface area contributed by atoms with Crippen LogP contribution in [0, 0.1) is 0 Å². The molecule has 0 amide bonds. The number of nitrogens with one attached hydrogen (secondary N) is 1. The zero-order valence-electron chi connectivity index (χ0n) is 9.61. The van der Waals surface area contributed by atoms with Gasteiger partial charge in [0.2, 0.25) is 5.88 Å². The van der Waals surface area contributed by atoms with Crippen LogP contribution in [-0.4, -0.2) is 28.7 Å². The van der Waals surface area contributed by atoms with E-state index in [-0.39, 0.29) is 0 Å². The number of rotatable bonds is 2. The SMILES string of the molecule is c1c(OC2CCCNC2)nc2n1CCCC2. The van der Waals surface area contributed by atoms with Crippen LogP contribution in [0.1, 0.15) is 31.5 Å². The summed E-state index contributed by atoms with van der Waals surface area (Å²) in [6, 6.07) is 0. The zero-order valence-corrected chi connectivity index (χ0v) is 9.61. The summed E-state index contributed by atoms with van der Waals surface area (Å²) in [5.41, 5.74) is 0. The predicted octanol–water partition coefficient (Wildman–Crippen LogP) is 1.35. The maximum atomic E-state index is 5.91. The molecule has 1 fully saturated rings. The lowest BCUT2D eigenvalue weighted by molar-refractivity contribution is 0.161. The molecule has 3 heterocycles. The Kier molecular flexibility index (Phi) is 2.82. The smallest absolute Gasteiger partial charge is 0.232 e. The van der Waals surface area contributed by atoms with Crippen molar-refractivity contribution >= 4 is 0 Å². The van der Waals surface area contributed by atoms with Crippen LogP contribution in [0.5, 0.6) is 5.88 Å². The van der Waals surface area contributed by atoms with E-state index >= 15 is 0 Å². The number of fused-ring (bicyclic) bond motifs is 1. The molecule has 4 nitrogen and oxygen atoms in total. The number of hydrogen-bond acceptors (Lipinski definition) is 3. The first-order valence-electron chi connectivity index (χ1n) is 6.35. The lowest BCUT2D eigenvalue weighted by Crippen LogP contribution is -2.37. The van der Waals surface area contributed by atoms with Gasteiger partial charge in [-0.3, -0.25) is 0 Å². The van der Waals surface area contributed by atoms with Crippen molar-refractivity contribution in [1.29, 1.82) is 0 Å². The Morgan fingerprint density at radius 1 is 1.38 bits per heavy atom. The van der Waals surface area contributed by atoms with E-state index in [2.05, 4.69) is 21.1 Å². The van der Waals surface area contributed by atoms with Crippen LogP contribution in [0.25, 0.3) is 0 Å². The summed E-state index contributed by atoms with van der Waals surface area (Å²) in [4.78, 5) is 4.56. The molecule has 0 spiro atoms.